The van der Waals surface area contributed by atoms with Crippen molar-refractivity contribution in [3.63, 3.8) is 0 Å². The molecule has 1 saturated heterocycles. The molecule has 0 bridgehead atoms. The molecule has 176 valence electrons. The summed E-state index contributed by atoms with van der Waals surface area (Å²) >= 11 is 0. The van der Waals surface area contributed by atoms with Crippen LogP contribution in [-0.2, 0) is 22.5 Å². The van der Waals surface area contributed by atoms with Gasteiger partial charge in [-0.05, 0) is 54.3 Å². The molecule has 6 heteroatoms. The lowest BCUT2D eigenvalue weighted by Gasteiger charge is -2.24. The van der Waals surface area contributed by atoms with Gasteiger partial charge in [-0.15, -0.1) is 0 Å². The molecule has 1 N–H and O–H groups in total. The van der Waals surface area contributed by atoms with Crippen LogP contribution in [0.15, 0.2) is 78.9 Å². The summed E-state index contributed by atoms with van der Waals surface area (Å²) in [7, 11) is 1.58. The fourth-order valence-corrected chi connectivity index (χ4v) is 4.07. The average molecular weight is 459 g/mol. The van der Waals surface area contributed by atoms with Gasteiger partial charge in [-0.25, -0.2) is 0 Å². The minimum atomic E-state index is -0.136. The van der Waals surface area contributed by atoms with Crippen molar-refractivity contribution in [1.82, 2.24) is 5.32 Å². The van der Waals surface area contributed by atoms with E-state index in [-0.39, 0.29) is 24.3 Å². The number of carbonyl (C=O) groups excluding carboxylic acids is 2. The first-order valence-corrected chi connectivity index (χ1v) is 11.6. The van der Waals surface area contributed by atoms with Gasteiger partial charge in [0.2, 0.25) is 5.91 Å². The number of methoxy groups -OCH3 is 1. The number of benzene rings is 3. The molecule has 0 radical (unpaired) electrons. The number of hydrogen-bond donors (Lipinski definition) is 1. The van der Waals surface area contributed by atoms with Crippen LogP contribution in [0.2, 0.25) is 0 Å². The van der Waals surface area contributed by atoms with E-state index in [4.69, 9.17) is 9.47 Å². The number of rotatable bonds is 9. The van der Waals surface area contributed by atoms with Crippen molar-refractivity contribution in [1.29, 1.82) is 0 Å². The van der Waals surface area contributed by atoms with E-state index in [0.29, 0.717) is 24.4 Å². The number of carbonyl (C=O) groups is 2. The second-order valence-corrected chi connectivity index (χ2v) is 8.39. The molecule has 34 heavy (non-hydrogen) atoms. The third kappa shape index (κ3) is 6.23. The van der Waals surface area contributed by atoms with E-state index >= 15 is 0 Å². The van der Waals surface area contributed by atoms with Gasteiger partial charge in [-0.2, -0.15) is 0 Å². The van der Waals surface area contributed by atoms with Crippen molar-refractivity contribution < 1.29 is 19.1 Å². The molecule has 3 aromatic rings. The van der Waals surface area contributed by atoms with Gasteiger partial charge in [0.25, 0.3) is 5.91 Å². The SMILES string of the molecule is COc1cccc(C(=O)N(Cc2ccccc2)c2cccc(CC(=O)NC[C@H]3CCCO3)c2)c1. The van der Waals surface area contributed by atoms with Crippen molar-refractivity contribution in [2.24, 2.45) is 0 Å². The molecule has 1 aliphatic heterocycles. The van der Waals surface area contributed by atoms with Gasteiger partial charge in [0.05, 0.1) is 26.2 Å². The number of hydrogen-bond acceptors (Lipinski definition) is 4. The topological polar surface area (TPSA) is 67.9 Å². The Labute approximate surface area is 200 Å². The Hall–Kier alpha value is -3.64. The molecule has 0 saturated carbocycles. The highest BCUT2D eigenvalue weighted by atomic mass is 16.5. The number of ether oxygens (including phenoxy) is 2. The number of amides is 2. The highest BCUT2D eigenvalue weighted by molar-refractivity contribution is 6.06. The first-order chi connectivity index (χ1) is 16.6. The third-order valence-electron chi connectivity index (χ3n) is 5.88. The standard InChI is InChI=1S/C28H30N2O4/c1-33-25-13-6-11-23(18-25)28(32)30(20-21-8-3-2-4-9-21)24-12-5-10-22(16-24)17-27(31)29-19-26-14-7-15-34-26/h2-6,8-13,16,18,26H,7,14-15,17,19-20H2,1H3,(H,29,31)/t26-/m1/s1. The van der Waals surface area contributed by atoms with Gasteiger partial charge in [-0.3, -0.25) is 9.59 Å². The molecule has 0 aliphatic carbocycles. The summed E-state index contributed by atoms with van der Waals surface area (Å²) in [5, 5.41) is 2.96. The van der Waals surface area contributed by atoms with Crippen LogP contribution in [0.4, 0.5) is 5.69 Å². The maximum absolute atomic E-state index is 13.6. The normalized spacial score (nSPS) is 15.0. The molecule has 3 aromatic carbocycles. The molecule has 2 amide bonds. The van der Waals surface area contributed by atoms with E-state index in [1.807, 2.05) is 66.7 Å². The maximum atomic E-state index is 13.6. The quantitative estimate of drug-likeness (QED) is 0.517. The molecule has 0 unspecified atom stereocenters. The zero-order chi connectivity index (χ0) is 23.8. The van der Waals surface area contributed by atoms with Crippen molar-refractivity contribution in [2.45, 2.75) is 31.9 Å². The van der Waals surface area contributed by atoms with Crippen LogP contribution in [0.3, 0.4) is 0 Å². The van der Waals surface area contributed by atoms with E-state index in [9.17, 15) is 9.59 Å². The monoisotopic (exact) mass is 458 g/mol. The molecular weight excluding hydrogens is 428 g/mol. The number of nitrogens with one attached hydrogen (secondary N) is 1. The maximum Gasteiger partial charge on any atom is 0.258 e. The van der Waals surface area contributed by atoms with Crippen LogP contribution in [0.5, 0.6) is 5.75 Å². The van der Waals surface area contributed by atoms with Crippen molar-refractivity contribution >= 4 is 17.5 Å². The molecule has 0 aromatic heterocycles. The zero-order valence-corrected chi connectivity index (χ0v) is 19.4. The highest BCUT2D eigenvalue weighted by Gasteiger charge is 2.20. The van der Waals surface area contributed by atoms with Gasteiger partial charge in [0.1, 0.15) is 5.75 Å². The Bertz CT molecular complexity index is 1110. The first-order valence-electron chi connectivity index (χ1n) is 11.6. The molecule has 0 spiro atoms. The second-order valence-electron chi connectivity index (χ2n) is 8.39. The van der Waals surface area contributed by atoms with Crippen molar-refractivity contribution in [3.8, 4) is 5.75 Å². The summed E-state index contributed by atoms with van der Waals surface area (Å²) in [6.07, 6.45) is 2.38. The molecule has 6 nitrogen and oxygen atoms in total. The smallest absolute Gasteiger partial charge is 0.258 e. The minimum Gasteiger partial charge on any atom is -0.497 e. The van der Waals surface area contributed by atoms with E-state index < -0.39 is 0 Å². The predicted octanol–water partition coefficient (Wildman–Crippen LogP) is 4.38. The van der Waals surface area contributed by atoms with Crippen LogP contribution < -0.4 is 15.0 Å². The largest absolute Gasteiger partial charge is 0.497 e. The molecule has 1 atom stereocenters. The van der Waals surface area contributed by atoms with Gasteiger partial charge in [0, 0.05) is 24.4 Å². The third-order valence-corrected chi connectivity index (χ3v) is 5.88. The lowest BCUT2D eigenvalue weighted by Crippen LogP contribution is -2.33. The number of nitrogens with zero attached hydrogens (tertiary/aromatic N) is 1. The molecule has 1 fully saturated rings. The molecule has 1 heterocycles. The Balaban J connectivity index is 1.54. The zero-order valence-electron chi connectivity index (χ0n) is 19.4. The lowest BCUT2D eigenvalue weighted by molar-refractivity contribution is -0.120. The van der Waals surface area contributed by atoms with Crippen LogP contribution in [0.1, 0.15) is 34.3 Å². The van der Waals surface area contributed by atoms with E-state index in [2.05, 4.69) is 5.32 Å². The summed E-state index contributed by atoms with van der Waals surface area (Å²) in [6.45, 7) is 1.71. The van der Waals surface area contributed by atoms with E-state index in [1.54, 1.807) is 24.1 Å². The Morgan fingerprint density at radius 3 is 2.56 bits per heavy atom. The average Bonchev–Trinajstić information content (AvgIpc) is 3.40. The van der Waals surface area contributed by atoms with Crippen LogP contribution in [0.25, 0.3) is 0 Å². The summed E-state index contributed by atoms with van der Waals surface area (Å²) in [6, 6.07) is 24.6. The molecule has 1 aliphatic rings. The fraction of sp³-hybridized carbons (Fsp3) is 0.286. The Kier molecular flexibility index (Phi) is 7.94. The fourth-order valence-electron chi connectivity index (χ4n) is 4.07. The summed E-state index contributed by atoms with van der Waals surface area (Å²) in [5.74, 6) is 0.436. The first kappa shape index (κ1) is 23.5. The van der Waals surface area contributed by atoms with Gasteiger partial charge < -0.3 is 19.7 Å². The van der Waals surface area contributed by atoms with Gasteiger partial charge >= 0.3 is 0 Å². The summed E-state index contributed by atoms with van der Waals surface area (Å²) in [4.78, 5) is 27.8. The Morgan fingerprint density at radius 1 is 1.00 bits per heavy atom. The lowest BCUT2D eigenvalue weighted by atomic mass is 10.1. The van der Waals surface area contributed by atoms with E-state index in [1.165, 1.54) is 0 Å². The van der Waals surface area contributed by atoms with Gasteiger partial charge in [0.15, 0.2) is 0 Å². The van der Waals surface area contributed by atoms with Crippen LogP contribution >= 0.6 is 0 Å². The van der Waals surface area contributed by atoms with Crippen LogP contribution in [0, 0.1) is 0 Å². The minimum absolute atomic E-state index is 0.0543. The summed E-state index contributed by atoms with van der Waals surface area (Å²) < 4.78 is 10.9. The highest BCUT2D eigenvalue weighted by Crippen LogP contribution is 2.24. The van der Waals surface area contributed by atoms with Gasteiger partial charge in [-0.1, -0.05) is 48.5 Å². The molecular formula is C28H30N2O4. The van der Waals surface area contributed by atoms with Crippen LogP contribution in [-0.4, -0.2) is 38.2 Å². The van der Waals surface area contributed by atoms with Crippen molar-refractivity contribution in [2.75, 3.05) is 25.2 Å². The summed E-state index contributed by atoms with van der Waals surface area (Å²) in [5.41, 5.74) is 3.13. The number of anilines is 1. The Morgan fingerprint density at radius 2 is 1.79 bits per heavy atom. The molecule has 4 rings (SSSR count). The second kappa shape index (κ2) is 11.5. The predicted molar refractivity (Wildman–Crippen MR) is 132 cm³/mol. The van der Waals surface area contributed by atoms with Crippen molar-refractivity contribution in [3.05, 3.63) is 95.6 Å². The van der Waals surface area contributed by atoms with E-state index in [0.717, 1.165) is 36.3 Å².